The van der Waals surface area contributed by atoms with Gasteiger partial charge in [0.25, 0.3) is 5.89 Å². The molecule has 18 heavy (non-hydrogen) atoms. The van der Waals surface area contributed by atoms with E-state index in [2.05, 4.69) is 10.1 Å². The second-order valence-corrected chi connectivity index (χ2v) is 4.29. The number of rotatable bonds is 4. The maximum atomic E-state index is 5.70. The van der Waals surface area contributed by atoms with E-state index in [1.165, 1.54) is 0 Å². The van der Waals surface area contributed by atoms with E-state index in [1.54, 1.807) is 6.08 Å². The Balaban J connectivity index is 2.07. The van der Waals surface area contributed by atoms with Crippen molar-refractivity contribution in [2.45, 2.75) is 6.54 Å². The summed E-state index contributed by atoms with van der Waals surface area (Å²) in [5.74, 6) is 1.17. The number of nitrogen functional groups attached to an aromatic ring is 1. The van der Waals surface area contributed by atoms with Crippen LogP contribution in [0.15, 0.2) is 28.8 Å². The molecule has 0 bridgehead atoms. The van der Waals surface area contributed by atoms with Crippen molar-refractivity contribution >= 4 is 17.8 Å². The zero-order chi connectivity index (χ0) is 13.0. The maximum Gasteiger partial charge on any atom is 0.250 e. The fourth-order valence-corrected chi connectivity index (χ4v) is 1.51. The molecule has 0 aliphatic rings. The van der Waals surface area contributed by atoms with Crippen LogP contribution in [-0.4, -0.2) is 29.1 Å². The summed E-state index contributed by atoms with van der Waals surface area (Å²) in [5, 5.41) is 3.88. The number of benzene rings is 1. The minimum Gasteiger partial charge on any atom is -0.399 e. The highest BCUT2D eigenvalue weighted by molar-refractivity contribution is 5.67. The average Bonchev–Trinajstić information content (AvgIpc) is 2.73. The fourth-order valence-electron chi connectivity index (χ4n) is 1.51. The lowest BCUT2D eigenvalue weighted by atomic mass is 10.2. The Morgan fingerprint density at radius 2 is 2.17 bits per heavy atom. The van der Waals surface area contributed by atoms with Gasteiger partial charge in [0.15, 0.2) is 5.82 Å². The Hall–Kier alpha value is -2.14. The molecule has 0 aliphatic heterocycles. The van der Waals surface area contributed by atoms with E-state index < -0.39 is 0 Å². The first-order valence-corrected chi connectivity index (χ1v) is 5.64. The minimum absolute atomic E-state index is 0.495. The standard InChI is InChI=1S/C13H16N4O/c1-17(2)9-12-15-13(18-16-12)7-6-10-4-3-5-11(14)8-10/h3-8H,9,14H2,1-2H3/b7-6+. The quantitative estimate of drug-likeness (QED) is 0.832. The van der Waals surface area contributed by atoms with E-state index in [1.807, 2.05) is 49.3 Å². The summed E-state index contributed by atoms with van der Waals surface area (Å²) in [4.78, 5) is 6.23. The van der Waals surface area contributed by atoms with Crippen LogP contribution in [0.4, 0.5) is 5.69 Å². The van der Waals surface area contributed by atoms with E-state index in [0.29, 0.717) is 18.3 Å². The lowest BCUT2D eigenvalue weighted by molar-refractivity contribution is 0.360. The van der Waals surface area contributed by atoms with Gasteiger partial charge in [0.1, 0.15) is 0 Å². The van der Waals surface area contributed by atoms with Crippen LogP contribution in [0.5, 0.6) is 0 Å². The molecule has 5 nitrogen and oxygen atoms in total. The van der Waals surface area contributed by atoms with Crippen LogP contribution in [0.1, 0.15) is 17.3 Å². The lowest BCUT2D eigenvalue weighted by Gasteiger charge is -2.02. The molecule has 1 aromatic carbocycles. The summed E-state index contributed by atoms with van der Waals surface area (Å²) in [6.45, 7) is 0.662. The Morgan fingerprint density at radius 3 is 2.89 bits per heavy atom. The SMILES string of the molecule is CN(C)Cc1noc(/C=C/c2cccc(N)c2)n1. The van der Waals surface area contributed by atoms with Crippen molar-refractivity contribution in [1.82, 2.24) is 15.0 Å². The van der Waals surface area contributed by atoms with E-state index in [9.17, 15) is 0 Å². The third kappa shape index (κ3) is 3.43. The predicted octanol–water partition coefficient (Wildman–Crippen LogP) is 1.88. The third-order valence-electron chi connectivity index (χ3n) is 2.27. The van der Waals surface area contributed by atoms with E-state index in [4.69, 9.17) is 10.3 Å². The Labute approximate surface area is 106 Å². The van der Waals surface area contributed by atoms with Crippen LogP contribution in [0, 0.1) is 0 Å². The molecule has 0 radical (unpaired) electrons. The van der Waals surface area contributed by atoms with Crippen molar-refractivity contribution in [2.24, 2.45) is 0 Å². The molecule has 0 spiro atoms. The molecule has 1 heterocycles. The van der Waals surface area contributed by atoms with Crippen molar-refractivity contribution in [3.05, 3.63) is 41.5 Å². The van der Waals surface area contributed by atoms with E-state index >= 15 is 0 Å². The minimum atomic E-state index is 0.495. The highest BCUT2D eigenvalue weighted by atomic mass is 16.5. The van der Waals surface area contributed by atoms with Crippen LogP contribution >= 0.6 is 0 Å². The van der Waals surface area contributed by atoms with Gasteiger partial charge in [-0.1, -0.05) is 17.3 Å². The van der Waals surface area contributed by atoms with Crippen LogP contribution in [0.3, 0.4) is 0 Å². The smallest absolute Gasteiger partial charge is 0.250 e. The first-order valence-electron chi connectivity index (χ1n) is 5.64. The highest BCUT2D eigenvalue weighted by Crippen LogP contribution is 2.10. The van der Waals surface area contributed by atoms with E-state index in [-0.39, 0.29) is 0 Å². The summed E-state index contributed by atoms with van der Waals surface area (Å²) in [6.07, 6.45) is 3.67. The maximum absolute atomic E-state index is 5.70. The topological polar surface area (TPSA) is 68.2 Å². The molecule has 0 fully saturated rings. The molecule has 0 amide bonds. The Bertz CT molecular complexity index is 545. The number of aromatic nitrogens is 2. The van der Waals surface area contributed by atoms with Gasteiger partial charge in [-0.2, -0.15) is 4.98 Å². The first kappa shape index (κ1) is 12.3. The molecule has 0 aliphatic carbocycles. The summed E-state index contributed by atoms with van der Waals surface area (Å²) in [5.41, 5.74) is 7.43. The normalized spacial score (nSPS) is 11.5. The molecule has 0 atom stereocenters. The predicted molar refractivity (Wildman–Crippen MR) is 71.5 cm³/mol. The third-order valence-corrected chi connectivity index (χ3v) is 2.27. The van der Waals surface area contributed by atoms with Gasteiger partial charge >= 0.3 is 0 Å². The van der Waals surface area contributed by atoms with Crippen LogP contribution in [0.2, 0.25) is 0 Å². The van der Waals surface area contributed by atoms with Gasteiger partial charge < -0.3 is 15.2 Å². The molecule has 0 saturated carbocycles. The second kappa shape index (κ2) is 5.46. The van der Waals surface area contributed by atoms with Gasteiger partial charge in [-0.05, 0) is 37.9 Å². The van der Waals surface area contributed by atoms with Crippen molar-refractivity contribution < 1.29 is 4.52 Å². The van der Waals surface area contributed by atoms with Gasteiger partial charge in [-0.3, -0.25) is 0 Å². The summed E-state index contributed by atoms with van der Waals surface area (Å²) < 4.78 is 5.11. The number of hydrogen-bond acceptors (Lipinski definition) is 5. The molecule has 0 unspecified atom stereocenters. The van der Waals surface area contributed by atoms with E-state index in [0.717, 1.165) is 11.3 Å². The molecule has 94 valence electrons. The molecule has 5 heteroatoms. The molecular weight excluding hydrogens is 228 g/mol. The largest absolute Gasteiger partial charge is 0.399 e. The molecule has 1 aromatic heterocycles. The van der Waals surface area contributed by atoms with Gasteiger partial charge in [-0.25, -0.2) is 0 Å². The molecular formula is C13H16N4O. The van der Waals surface area contributed by atoms with Gasteiger partial charge in [0.2, 0.25) is 0 Å². The fraction of sp³-hybridized carbons (Fsp3) is 0.231. The molecule has 2 aromatic rings. The number of nitrogens with zero attached hydrogens (tertiary/aromatic N) is 3. The zero-order valence-electron chi connectivity index (χ0n) is 10.5. The van der Waals surface area contributed by atoms with Crippen LogP contribution < -0.4 is 5.73 Å². The second-order valence-electron chi connectivity index (χ2n) is 4.29. The number of nitrogens with two attached hydrogens (primary N) is 1. The van der Waals surface area contributed by atoms with Gasteiger partial charge in [-0.15, -0.1) is 0 Å². The van der Waals surface area contributed by atoms with Gasteiger partial charge in [0, 0.05) is 11.8 Å². The van der Waals surface area contributed by atoms with Crippen molar-refractivity contribution in [1.29, 1.82) is 0 Å². The van der Waals surface area contributed by atoms with Crippen molar-refractivity contribution in [2.75, 3.05) is 19.8 Å². The lowest BCUT2D eigenvalue weighted by Crippen LogP contribution is -2.11. The number of hydrogen-bond donors (Lipinski definition) is 1. The highest BCUT2D eigenvalue weighted by Gasteiger charge is 2.03. The molecule has 2 rings (SSSR count). The summed E-state index contributed by atoms with van der Waals surface area (Å²) in [6, 6.07) is 7.59. The Kier molecular flexibility index (Phi) is 3.74. The summed E-state index contributed by atoms with van der Waals surface area (Å²) >= 11 is 0. The van der Waals surface area contributed by atoms with Crippen molar-refractivity contribution in [3.63, 3.8) is 0 Å². The monoisotopic (exact) mass is 244 g/mol. The average molecular weight is 244 g/mol. The number of anilines is 1. The van der Waals surface area contributed by atoms with Crippen molar-refractivity contribution in [3.8, 4) is 0 Å². The van der Waals surface area contributed by atoms with Crippen LogP contribution in [0.25, 0.3) is 12.2 Å². The van der Waals surface area contributed by atoms with Crippen LogP contribution in [-0.2, 0) is 6.54 Å². The summed E-state index contributed by atoms with van der Waals surface area (Å²) in [7, 11) is 3.91. The Morgan fingerprint density at radius 1 is 1.33 bits per heavy atom. The van der Waals surface area contributed by atoms with Gasteiger partial charge in [0.05, 0.1) is 6.54 Å². The first-order chi connectivity index (χ1) is 8.63. The molecule has 0 saturated heterocycles. The zero-order valence-corrected chi connectivity index (χ0v) is 10.5. The molecule has 2 N–H and O–H groups in total.